The Kier molecular flexibility index (Phi) is 7.18. The van der Waals surface area contributed by atoms with E-state index in [1.165, 1.54) is 0 Å². The van der Waals surface area contributed by atoms with Crippen LogP contribution in [0, 0.1) is 5.92 Å². The van der Waals surface area contributed by atoms with Crippen LogP contribution in [0.1, 0.15) is 41.4 Å². The molecule has 3 heterocycles. The maximum Gasteiger partial charge on any atom is 0.309 e. The molecule has 1 amide bonds. The second kappa shape index (κ2) is 10.7. The van der Waals surface area contributed by atoms with Gasteiger partial charge in [-0.1, -0.05) is 48.0 Å². The first-order valence-corrected chi connectivity index (χ1v) is 12.8. The molecule has 1 saturated heterocycles. The number of hydrogen-bond donors (Lipinski definition) is 0. The van der Waals surface area contributed by atoms with Crippen LogP contribution in [-0.4, -0.2) is 53.0 Å². The Bertz CT molecular complexity index is 1260. The number of carbonyl (C=O) groups excluding carboxylic acids is 2. The largest absolute Gasteiger partial charge is 0.466 e. The van der Waals surface area contributed by atoms with Crippen molar-refractivity contribution in [3.05, 3.63) is 76.7 Å². The number of halogens is 1. The maximum atomic E-state index is 13.4. The number of rotatable bonds is 5. The van der Waals surface area contributed by atoms with E-state index in [0.717, 1.165) is 54.1 Å². The molecule has 5 rings (SSSR count). The first-order chi connectivity index (χ1) is 17.5. The molecule has 0 atom stereocenters. The van der Waals surface area contributed by atoms with Crippen molar-refractivity contribution in [2.75, 3.05) is 31.1 Å². The van der Waals surface area contributed by atoms with Gasteiger partial charge >= 0.3 is 5.97 Å². The lowest BCUT2D eigenvalue weighted by Gasteiger charge is -2.35. The molecule has 0 radical (unpaired) electrons. The van der Waals surface area contributed by atoms with Gasteiger partial charge in [0.1, 0.15) is 12.1 Å². The molecule has 8 heteroatoms. The maximum absolute atomic E-state index is 13.4. The van der Waals surface area contributed by atoms with Crippen molar-refractivity contribution in [3.63, 3.8) is 0 Å². The van der Waals surface area contributed by atoms with E-state index in [4.69, 9.17) is 16.3 Å². The molecule has 36 heavy (non-hydrogen) atoms. The summed E-state index contributed by atoms with van der Waals surface area (Å²) in [5, 5.41) is 0.554. The SMILES string of the molecule is CCOC(=O)C1CCN(c2ncnc3c2CN(C(=O)c2ccc(-c4ccccc4)c(Cl)c2)CC3)CC1. The molecule has 2 aromatic carbocycles. The van der Waals surface area contributed by atoms with Crippen molar-refractivity contribution in [2.45, 2.75) is 32.7 Å². The van der Waals surface area contributed by atoms with Gasteiger partial charge in [-0.15, -0.1) is 0 Å². The lowest BCUT2D eigenvalue weighted by molar-refractivity contribution is -0.148. The second-order valence-electron chi connectivity index (χ2n) is 9.17. The zero-order chi connectivity index (χ0) is 25.1. The summed E-state index contributed by atoms with van der Waals surface area (Å²) in [4.78, 5) is 38.7. The highest BCUT2D eigenvalue weighted by Gasteiger charge is 2.31. The molecule has 3 aromatic rings. The fourth-order valence-electron chi connectivity index (χ4n) is 5.04. The molecule has 1 aromatic heterocycles. The summed E-state index contributed by atoms with van der Waals surface area (Å²) in [5.74, 6) is 0.617. The van der Waals surface area contributed by atoms with Gasteiger partial charge < -0.3 is 14.5 Å². The molecule has 1 fully saturated rings. The summed E-state index contributed by atoms with van der Waals surface area (Å²) >= 11 is 6.58. The predicted molar refractivity (Wildman–Crippen MR) is 139 cm³/mol. The number of anilines is 1. The minimum Gasteiger partial charge on any atom is -0.466 e. The molecule has 0 saturated carbocycles. The first kappa shape index (κ1) is 24.3. The first-order valence-electron chi connectivity index (χ1n) is 12.4. The van der Waals surface area contributed by atoms with Crippen molar-refractivity contribution >= 4 is 29.3 Å². The Hall–Kier alpha value is -3.45. The summed E-state index contributed by atoms with van der Waals surface area (Å²) in [6, 6.07) is 15.4. The molecular formula is C28H29ClN4O3. The van der Waals surface area contributed by atoms with E-state index in [-0.39, 0.29) is 17.8 Å². The molecule has 2 aliphatic rings. The van der Waals surface area contributed by atoms with Crippen LogP contribution in [0.25, 0.3) is 11.1 Å². The van der Waals surface area contributed by atoms with Crippen LogP contribution < -0.4 is 4.90 Å². The molecule has 0 N–H and O–H groups in total. The monoisotopic (exact) mass is 504 g/mol. The predicted octanol–water partition coefficient (Wildman–Crippen LogP) is 4.78. The van der Waals surface area contributed by atoms with E-state index in [2.05, 4.69) is 14.9 Å². The summed E-state index contributed by atoms with van der Waals surface area (Å²) < 4.78 is 5.20. The van der Waals surface area contributed by atoms with Gasteiger partial charge in [0, 0.05) is 47.8 Å². The van der Waals surface area contributed by atoms with E-state index in [9.17, 15) is 9.59 Å². The summed E-state index contributed by atoms with van der Waals surface area (Å²) in [6.45, 7) is 4.71. The van der Waals surface area contributed by atoms with Gasteiger partial charge in [-0.3, -0.25) is 9.59 Å². The van der Waals surface area contributed by atoms with Gasteiger partial charge in [-0.2, -0.15) is 0 Å². The van der Waals surface area contributed by atoms with Crippen LogP contribution in [0.15, 0.2) is 54.9 Å². The third-order valence-corrected chi connectivity index (χ3v) is 7.29. The van der Waals surface area contributed by atoms with E-state index in [1.807, 2.05) is 54.3 Å². The summed E-state index contributed by atoms with van der Waals surface area (Å²) in [6.07, 6.45) is 3.73. The average Bonchev–Trinajstić information content (AvgIpc) is 2.92. The summed E-state index contributed by atoms with van der Waals surface area (Å²) in [7, 11) is 0. The molecule has 186 valence electrons. The van der Waals surface area contributed by atoms with Gasteiger partial charge in [0.25, 0.3) is 5.91 Å². The number of piperidine rings is 1. The lowest BCUT2D eigenvalue weighted by Crippen LogP contribution is -2.41. The molecule has 0 aliphatic carbocycles. The number of carbonyl (C=O) groups is 2. The Balaban J connectivity index is 1.32. The number of amides is 1. The van der Waals surface area contributed by atoms with Crippen molar-refractivity contribution in [3.8, 4) is 11.1 Å². The highest BCUT2D eigenvalue weighted by Crippen LogP contribution is 2.32. The van der Waals surface area contributed by atoms with Gasteiger partial charge in [-0.05, 0) is 37.5 Å². The van der Waals surface area contributed by atoms with Crippen LogP contribution in [0.4, 0.5) is 5.82 Å². The Morgan fingerprint density at radius 2 is 1.83 bits per heavy atom. The minimum atomic E-state index is -0.115. The molecular weight excluding hydrogens is 476 g/mol. The standard InChI is InChI=1S/C28H29ClN4O3/c1-2-36-28(35)20-10-13-32(14-11-20)26-23-17-33(15-12-25(23)30-18-31-26)27(34)21-8-9-22(24(29)16-21)19-6-4-3-5-7-19/h3-9,16,18,20H,2,10-15,17H2,1H3. The zero-order valence-electron chi connectivity index (χ0n) is 20.3. The van der Waals surface area contributed by atoms with Crippen molar-refractivity contribution in [1.29, 1.82) is 0 Å². The highest BCUT2D eigenvalue weighted by molar-refractivity contribution is 6.33. The Labute approximate surface area is 216 Å². The van der Waals surface area contributed by atoms with Crippen molar-refractivity contribution in [1.82, 2.24) is 14.9 Å². The van der Waals surface area contributed by atoms with Crippen molar-refractivity contribution < 1.29 is 14.3 Å². The number of ether oxygens (including phenoxy) is 1. The van der Waals surface area contributed by atoms with Crippen LogP contribution in [0.5, 0.6) is 0 Å². The number of hydrogen-bond acceptors (Lipinski definition) is 6. The fraction of sp³-hybridized carbons (Fsp3) is 0.357. The lowest BCUT2D eigenvalue weighted by atomic mass is 9.96. The zero-order valence-corrected chi connectivity index (χ0v) is 21.1. The van der Waals surface area contributed by atoms with E-state index in [1.54, 1.807) is 12.4 Å². The smallest absolute Gasteiger partial charge is 0.309 e. The second-order valence-corrected chi connectivity index (χ2v) is 9.58. The molecule has 0 bridgehead atoms. The van der Waals surface area contributed by atoms with Crippen LogP contribution in [-0.2, 0) is 22.5 Å². The van der Waals surface area contributed by atoms with Crippen molar-refractivity contribution in [2.24, 2.45) is 5.92 Å². The van der Waals surface area contributed by atoms with Gasteiger partial charge in [0.05, 0.1) is 24.8 Å². The fourth-order valence-corrected chi connectivity index (χ4v) is 5.33. The molecule has 0 unspecified atom stereocenters. The quantitative estimate of drug-likeness (QED) is 0.466. The van der Waals surface area contributed by atoms with E-state index in [0.29, 0.717) is 36.7 Å². The van der Waals surface area contributed by atoms with E-state index >= 15 is 0 Å². The molecule has 0 spiro atoms. The average molecular weight is 505 g/mol. The van der Waals surface area contributed by atoms with Gasteiger partial charge in [0.2, 0.25) is 0 Å². The molecule has 2 aliphatic heterocycles. The third kappa shape index (κ3) is 4.93. The van der Waals surface area contributed by atoms with Crippen LogP contribution >= 0.6 is 11.6 Å². The minimum absolute atomic E-state index is 0.0574. The summed E-state index contributed by atoms with van der Waals surface area (Å²) in [5.41, 5.74) is 4.45. The highest BCUT2D eigenvalue weighted by atomic mass is 35.5. The topological polar surface area (TPSA) is 75.6 Å². The number of fused-ring (bicyclic) bond motifs is 1. The van der Waals surface area contributed by atoms with Gasteiger partial charge in [0.15, 0.2) is 0 Å². The van der Waals surface area contributed by atoms with Crippen LogP contribution in [0.2, 0.25) is 5.02 Å². The molecule has 7 nitrogen and oxygen atoms in total. The third-order valence-electron chi connectivity index (χ3n) is 6.98. The number of benzene rings is 2. The number of esters is 1. The van der Waals surface area contributed by atoms with E-state index < -0.39 is 0 Å². The number of aromatic nitrogens is 2. The van der Waals surface area contributed by atoms with Crippen LogP contribution in [0.3, 0.4) is 0 Å². The van der Waals surface area contributed by atoms with Gasteiger partial charge in [-0.25, -0.2) is 9.97 Å². The number of nitrogens with zero attached hydrogens (tertiary/aromatic N) is 4. The Morgan fingerprint density at radius 3 is 2.56 bits per heavy atom. The Morgan fingerprint density at radius 1 is 1.06 bits per heavy atom. The normalized spacial score (nSPS) is 15.9.